The molecule has 7 nitrogen and oxygen atoms in total. The lowest BCUT2D eigenvalue weighted by atomic mass is 9.90. The normalized spacial score (nSPS) is 21.1. The van der Waals surface area contributed by atoms with Crippen LogP contribution in [0, 0.1) is 12.3 Å². The zero-order valence-electron chi connectivity index (χ0n) is 19.6. The molecule has 1 saturated heterocycles. The van der Waals surface area contributed by atoms with Crippen molar-refractivity contribution in [1.29, 1.82) is 0 Å². The molecule has 3 aliphatic heterocycles. The summed E-state index contributed by atoms with van der Waals surface area (Å²) in [5, 5.41) is 12.9. The zero-order valence-corrected chi connectivity index (χ0v) is 20.4. The van der Waals surface area contributed by atoms with Crippen molar-refractivity contribution in [1.82, 2.24) is 9.58 Å². The van der Waals surface area contributed by atoms with Gasteiger partial charge in [-0.05, 0) is 36.1 Å². The number of rotatable bonds is 2. The number of aromatic hydroxyl groups is 1. The number of benzene rings is 2. The topological polar surface area (TPSA) is 75.0 Å². The molecule has 3 aliphatic rings. The number of hydrogen-bond donors (Lipinski definition) is 1. The fraction of sp³-hybridized carbons (Fsp3) is 0.286. The number of terminal acetylenes is 1. The van der Waals surface area contributed by atoms with E-state index in [4.69, 9.17) is 11.2 Å². The molecule has 2 atom stereocenters. The average Bonchev–Trinajstić information content (AvgIpc) is 3.08. The number of carbonyl (C=O) groups is 1. The van der Waals surface area contributed by atoms with E-state index in [1.807, 2.05) is 29.3 Å². The van der Waals surface area contributed by atoms with Crippen molar-refractivity contribution in [3.8, 4) is 18.1 Å². The van der Waals surface area contributed by atoms with Gasteiger partial charge in [0.05, 0.1) is 12.6 Å². The van der Waals surface area contributed by atoms with Gasteiger partial charge in [0.25, 0.3) is 5.91 Å². The Bertz CT molecular complexity index is 1450. The van der Waals surface area contributed by atoms with Crippen molar-refractivity contribution < 1.29 is 14.6 Å². The first kappa shape index (κ1) is 22.8. The molecule has 2 aromatic carbocycles. The lowest BCUT2D eigenvalue weighted by Crippen LogP contribution is -2.59. The molecule has 6 rings (SSSR count). The molecule has 0 saturated carbocycles. The maximum absolute atomic E-state index is 13.7. The molecular weight excluding hydrogens is 474 g/mol. The largest absolute Gasteiger partial charge is 0.502 e. The lowest BCUT2D eigenvalue weighted by Gasteiger charge is -2.47. The van der Waals surface area contributed by atoms with Gasteiger partial charge in [0.15, 0.2) is 11.4 Å². The van der Waals surface area contributed by atoms with Crippen molar-refractivity contribution >= 4 is 17.7 Å². The van der Waals surface area contributed by atoms with Crippen LogP contribution in [0.3, 0.4) is 0 Å². The highest BCUT2D eigenvalue weighted by Crippen LogP contribution is 2.44. The first-order valence-electron chi connectivity index (χ1n) is 12.0. The van der Waals surface area contributed by atoms with Gasteiger partial charge in [0, 0.05) is 40.6 Å². The van der Waals surface area contributed by atoms with E-state index in [1.165, 1.54) is 6.07 Å². The monoisotopic (exact) mass is 499 g/mol. The third-order valence-electron chi connectivity index (χ3n) is 7.19. The molecular formula is C28H25N3O4S. The molecule has 1 amide bonds. The Morgan fingerprint density at radius 3 is 2.78 bits per heavy atom. The number of fused-ring (bicyclic) bond motifs is 3. The van der Waals surface area contributed by atoms with Gasteiger partial charge in [0.2, 0.25) is 5.43 Å². The van der Waals surface area contributed by atoms with Gasteiger partial charge in [-0.3, -0.25) is 19.3 Å². The highest BCUT2D eigenvalue weighted by atomic mass is 32.2. The highest BCUT2D eigenvalue weighted by Gasteiger charge is 2.41. The summed E-state index contributed by atoms with van der Waals surface area (Å²) in [6.45, 7) is 1.33. The minimum absolute atomic E-state index is 0.0338. The van der Waals surface area contributed by atoms with Crippen LogP contribution in [0.15, 0.2) is 64.4 Å². The molecule has 0 unspecified atom stereocenters. The highest BCUT2D eigenvalue weighted by molar-refractivity contribution is 7.98. The lowest BCUT2D eigenvalue weighted by molar-refractivity contribution is 0.00984. The maximum atomic E-state index is 13.7. The van der Waals surface area contributed by atoms with E-state index in [2.05, 4.69) is 24.1 Å². The third kappa shape index (κ3) is 3.58. The fourth-order valence-electron chi connectivity index (χ4n) is 5.46. The Morgan fingerprint density at radius 1 is 1.11 bits per heavy atom. The number of hydrogen-bond acceptors (Lipinski definition) is 6. The van der Waals surface area contributed by atoms with Crippen LogP contribution in [0.1, 0.15) is 51.6 Å². The van der Waals surface area contributed by atoms with Crippen LogP contribution in [0.2, 0.25) is 0 Å². The van der Waals surface area contributed by atoms with E-state index in [0.29, 0.717) is 13.2 Å². The van der Waals surface area contributed by atoms with Gasteiger partial charge in [-0.25, -0.2) is 0 Å². The van der Waals surface area contributed by atoms with Crippen LogP contribution >= 0.6 is 11.8 Å². The van der Waals surface area contributed by atoms with Gasteiger partial charge in [-0.2, -0.15) is 0 Å². The van der Waals surface area contributed by atoms with Crippen molar-refractivity contribution in [3.63, 3.8) is 0 Å². The Hall–Kier alpha value is -3.67. The summed E-state index contributed by atoms with van der Waals surface area (Å²) in [5.41, 5.74) is 3.34. The molecule has 0 aliphatic carbocycles. The number of aromatic nitrogens is 1. The molecule has 1 fully saturated rings. The molecule has 1 N–H and O–H groups in total. The Kier molecular flexibility index (Phi) is 5.75. The summed E-state index contributed by atoms with van der Waals surface area (Å²) >= 11 is 1.75. The van der Waals surface area contributed by atoms with E-state index >= 15 is 0 Å². The smallest absolute Gasteiger partial charge is 0.278 e. The standard InChI is InChI=1S/C28H25N3O4S/c1-2-18-7-5-8-19-16-36-23-11-4-3-10-21(23)25(24(18)19)31-17-29(20-9-6-14-35-15-20)28(34)26-27(33)22(32)12-13-30(26)31/h1,3-5,7-8,10-13,20,25,33H,6,9,14-17H2/t20-,25-/m1/s1. The van der Waals surface area contributed by atoms with Crippen LogP contribution in [0.25, 0.3) is 0 Å². The molecule has 0 spiro atoms. The first-order chi connectivity index (χ1) is 17.6. The minimum atomic E-state index is -0.585. The van der Waals surface area contributed by atoms with E-state index in [1.54, 1.807) is 27.5 Å². The molecule has 8 heteroatoms. The van der Waals surface area contributed by atoms with Gasteiger partial charge >= 0.3 is 0 Å². The van der Waals surface area contributed by atoms with Crippen molar-refractivity contribution in [2.24, 2.45) is 0 Å². The van der Waals surface area contributed by atoms with Gasteiger partial charge in [0.1, 0.15) is 12.7 Å². The number of pyridine rings is 1. The molecule has 0 bridgehead atoms. The van der Waals surface area contributed by atoms with Crippen LogP contribution in [0.5, 0.6) is 5.75 Å². The predicted octanol–water partition coefficient (Wildman–Crippen LogP) is 3.46. The molecule has 182 valence electrons. The van der Waals surface area contributed by atoms with Gasteiger partial charge in [-0.1, -0.05) is 36.3 Å². The second-order valence-corrected chi connectivity index (χ2v) is 10.2. The number of thioether (sulfide) groups is 1. The van der Waals surface area contributed by atoms with Gasteiger partial charge < -0.3 is 14.7 Å². The van der Waals surface area contributed by atoms with Crippen LogP contribution < -0.4 is 10.4 Å². The number of amides is 1. The fourth-order valence-corrected chi connectivity index (χ4v) is 6.54. The Balaban J connectivity index is 1.61. The number of carbonyl (C=O) groups excluding carboxylic acids is 1. The van der Waals surface area contributed by atoms with Crippen molar-refractivity contribution in [3.05, 3.63) is 92.9 Å². The molecule has 4 heterocycles. The molecule has 1 aromatic heterocycles. The van der Waals surface area contributed by atoms with Crippen molar-refractivity contribution in [2.75, 3.05) is 24.9 Å². The average molecular weight is 500 g/mol. The Morgan fingerprint density at radius 2 is 1.97 bits per heavy atom. The summed E-state index contributed by atoms with van der Waals surface area (Å²) in [6.07, 6.45) is 9.20. The quantitative estimate of drug-likeness (QED) is 0.545. The summed E-state index contributed by atoms with van der Waals surface area (Å²) in [5.74, 6) is 2.70. The predicted molar refractivity (Wildman–Crippen MR) is 138 cm³/mol. The summed E-state index contributed by atoms with van der Waals surface area (Å²) < 4.78 is 7.33. The zero-order chi connectivity index (χ0) is 24.8. The van der Waals surface area contributed by atoms with Crippen LogP contribution in [0.4, 0.5) is 0 Å². The maximum Gasteiger partial charge on any atom is 0.278 e. The molecule has 36 heavy (non-hydrogen) atoms. The SMILES string of the molecule is C#Cc1cccc2c1[C@H](N1CN([C@@H]3CCCOC3)C(=O)c3c(O)c(=O)ccn31)c1ccccc1SC2. The Labute approximate surface area is 213 Å². The molecule has 3 aromatic rings. The number of ether oxygens (including phenoxy) is 1. The summed E-state index contributed by atoms with van der Waals surface area (Å²) in [7, 11) is 0. The second kappa shape index (κ2) is 9.08. The van der Waals surface area contributed by atoms with Gasteiger partial charge in [-0.15, -0.1) is 18.2 Å². The van der Waals surface area contributed by atoms with E-state index < -0.39 is 11.2 Å². The third-order valence-corrected chi connectivity index (χ3v) is 8.33. The van der Waals surface area contributed by atoms with Crippen LogP contribution in [-0.2, 0) is 10.5 Å². The number of nitrogens with zero attached hydrogens (tertiary/aromatic N) is 3. The van der Waals surface area contributed by atoms with E-state index in [-0.39, 0.29) is 30.4 Å². The van der Waals surface area contributed by atoms with E-state index in [0.717, 1.165) is 45.7 Å². The molecule has 0 radical (unpaired) electrons. The summed E-state index contributed by atoms with van der Waals surface area (Å²) in [4.78, 5) is 29.0. The van der Waals surface area contributed by atoms with E-state index in [9.17, 15) is 14.7 Å². The minimum Gasteiger partial charge on any atom is -0.502 e. The van der Waals surface area contributed by atoms with Crippen molar-refractivity contribution in [2.45, 2.75) is 35.6 Å². The first-order valence-corrected chi connectivity index (χ1v) is 13.0. The second-order valence-electron chi connectivity index (χ2n) is 9.20. The van der Waals surface area contributed by atoms with Crippen LogP contribution in [-0.4, -0.2) is 46.5 Å². The summed E-state index contributed by atoms with van der Waals surface area (Å²) in [6, 6.07) is 15.0.